The van der Waals surface area contributed by atoms with Crippen molar-refractivity contribution in [3.8, 4) is 17.9 Å². The molecular formula is C8H2N2O3S. The van der Waals surface area contributed by atoms with Crippen molar-refractivity contribution in [3.05, 3.63) is 26.6 Å². The Labute approximate surface area is 82.7 Å². The van der Waals surface area contributed by atoms with Gasteiger partial charge >= 0.3 is 5.00 Å². The zero-order chi connectivity index (χ0) is 10.6. The van der Waals surface area contributed by atoms with E-state index in [1.807, 2.05) is 5.92 Å². The van der Waals surface area contributed by atoms with Crippen LogP contribution in [0.3, 0.4) is 0 Å². The molecule has 5 nitrogen and oxygen atoms in total. The van der Waals surface area contributed by atoms with Crippen LogP contribution in [-0.2, 0) is 0 Å². The van der Waals surface area contributed by atoms with Gasteiger partial charge in [0.1, 0.15) is 5.56 Å². The van der Waals surface area contributed by atoms with Crippen LogP contribution in [0.5, 0.6) is 0 Å². The average Bonchev–Trinajstić information content (AvgIpc) is 2.58. The smallest absolute Gasteiger partial charge is 0.297 e. The Balaban J connectivity index is 3.27. The van der Waals surface area contributed by atoms with E-state index in [0.717, 1.165) is 11.3 Å². The van der Waals surface area contributed by atoms with Gasteiger partial charge in [0.25, 0.3) is 0 Å². The molecule has 0 spiro atoms. The predicted molar refractivity (Wildman–Crippen MR) is 48.9 cm³/mol. The molecule has 1 rings (SSSR count). The molecule has 1 heterocycles. The second-order valence-electron chi connectivity index (χ2n) is 2.10. The number of rotatable bonds is 2. The van der Waals surface area contributed by atoms with Crippen LogP contribution in [0.15, 0.2) is 6.07 Å². The highest BCUT2D eigenvalue weighted by Crippen LogP contribution is 2.28. The van der Waals surface area contributed by atoms with Crippen molar-refractivity contribution in [3.63, 3.8) is 0 Å². The largest absolute Gasteiger partial charge is 0.340 e. The van der Waals surface area contributed by atoms with Gasteiger partial charge in [-0.05, 0) is 12.0 Å². The summed E-state index contributed by atoms with van der Waals surface area (Å²) in [6.45, 7) is 0. The molecule has 0 unspecified atom stereocenters. The summed E-state index contributed by atoms with van der Waals surface area (Å²) < 4.78 is 0. The van der Waals surface area contributed by atoms with Crippen LogP contribution in [0.1, 0.15) is 15.2 Å². The molecule has 0 aliphatic rings. The number of aldehydes is 1. The molecule has 0 fully saturated rings. The van der Waals surface area contributed by atoms with Crippen molar-refractivity contribution in [1.29, 1.82) is 5.26 Å². The second-order valence-corrected chi connectivity index (χ2v) is 3.17. The molecule has 0 bridgehead atoms. The molecular weight excluding hydrogens is 204 g/mol. The molecule has 0 amide bonds. The van der Waals surface area contributed by atoms with Crippen LogP contribution in [0.4, 0.5) is 5.00 Å². The van der Waals surface area contributed by atoms with E-state index in [0.29, 0.717) is 6.29 Å². The average molecular weight is 206 g/mol. The van der Waals surface area contributed by atoms with Gasteiger partial charge < -0.3 is 0 Å². The maximum atomic E-state index is 10.5. The Bertz CT molecular complexity index is 487. The fraction of sp³-hybridized carbons (Fsp3) is 0. The molecule has 0 N–H and O–H groups in total. The first kappa shape index (κ1) is 9.90. The van der Waals surface area contributed by atoms with E-state index in [1.165, 1.54) is 6.07 Å². The van der Waals surface area contributed by atoms with E-state index in [4.69, 9.17) is 5.26 Å². The standard InChI is InChI=1S/C8H2N2O3S/c9-3-1-2-6-4-7(5-11)14-8(6)10(12)13/h4-5H. The van der Waals surface area contributed by atoms with Gasteiger partial charge in [-0.25, -0.2) is 0 Å². The number of thiophene rings is 1. The summed E-state index contributed by atoms with van der Waals surface area (Å²) >= 11 is 0.739. The Morgan fingerprint density at radius 1 is 1.64 bits per heavy atom. The van der Waals surface area contributed by atoms with Crippen LogP contribution >= 0.6 is 11.3 Å². The van der Waals surface area contributed by atoms with Crippen molar-refractivity contribution in [2.45, 2.75) is 0 Å². The van der Waals surface area contributed by atoms with Crippen molar-refractivity contribution in [1.82, 2.24) is 0 Å². The molecule has 0 aromatic carbocycles. The molecule has 0 atom stereocenters. The monoisotopic (exact) mass is 206 g/mol. The molecule has 1 aromatic heterocycles. The molecule has 0 saturated carbocycles. The Morgan fingerprint density at radius 3 is 2.86 bits per heavy atom. The predicted octanol–water partition coefficient (Wildman–Crippen LogP) is 1.34. The van der Waals surface area contributed by atoms with Crippen LogP contribution < -0.4 is 0 Å². The Kier molecular flexibility index (Phi) is 2.95. The second kappa shape index (κ2) is 4.17. The summed E-state index contributed by atoms with van der Waals surface area (Å²) in [6.07, 6.45) is 0.509. The van der Waals surface area contributed by atoms with Gasteiger partial charge in [0, 0.05) is 5.92 Å². The summed E-state index contributed by atoms with van der Waals surface area (Å²) in [6, 6.07) is 2.83. The van der Waals surface area contributed by atoms with Crippen molar-refractivity contribution < 1.29 is 9.72 Å². The molecule has 14 heavy (non-hydrogen) atoms. The maximum Gasteiger partial charge on any atom is 0.340 e. The van der Waals surface area contributed by atoms with Crippen LogP contribution in [0, 0.1) is 33.3 Å². The zero-order valence-corrected chi connectivity index (χ0v) is 7.50. The minimum Gasteiger partial charge on any atom is -0.297 e. The van der Waals surface area contributed by atoms with E-state index in [9.17, 15) is 14.9 Å². The van der Waals surface area contributed by atoms with Crippen molar-refractivity contribution >= 4 is 22.6 Å². The van der Waals surface area contributed by atoms with Crippen LogP contribution in [0.2, 0.25) is 0 Å². The lowest BCUT2D eigenvalue weighted by Gasteiger charge is -1.83. The first-order valence-electron chi connectivity index (χ1n) is 3.32. The minimum atomic E-state index is -0.626. The highest BCUT2D eigenvalue weighted by atomic mass is 32.1. The van der Waals surface area contributed by atoms with Gasteiger partial charge in [-0.15, -0.1) is 0 Å². The molecule has 0 aliphatic heterocycles. The number of nitriles is 1. The highest BCUT2D eigenvalue weighted by molar-refractivity contribution is 7.17. The van der Waals surface area contributed by atoms with E-state index < -0.39 is 4.92 Å². The molecule has 68 valence electrons. The van der Waals surface area contributed by atoms with Gasteiger partial charge in [0.15, 0.2) is 12.4 Å². The molecule has 0 radical (unpaired) electrons. The topological polar surface area (TPSA) is 84.0 Å². The lowest BCUT2D eigenvalue weighted by Crippen LogP contribution is -1.85. The van der Waals surface area contributed by atoms with E-state index in [2.05, 4.69) is 5.92 Å². The number of nitrogens with zero attached hydrogens (tertiary/aromatic N) is 2. The SMILES string of the molecule is N#CC#Cc1cc(C=O)sc1[N+](=O)[O-]. The summed E-state index contributed by atoms with van der Waals surface area (Å²) in [7, 11) is 0. The zero-order valence-electron chi connectivity index (χ0n) is 6.68. The first-order chi connectivity index (χ1) is 6.69. The quantitative estimate of drug-likeness (QED) is 0.316. The third-order valence-electron chi connectivity index (χ3n) is 1.27. The summed E-state index contributed by atoms with van der Waals surface area (Å²) in [4.78, 5) is 20.4. The van der Waals surface area contributed by atoms with E-state index in [1.54, 1.807) is 6.07 Å². The third kappa shape index (κ3) is 1.94. The third-order valence-corrected chi connectivity index (χ3v) is 2.28. The molecule has 0 saturated heterocycles. The van der Waals surface area contributed by atoms with Crippen molar-refractivity contribution in [2.24, 2.45) is 0 Å². The maximum absolute atomic E-state index is 10.5. The summed E-state index contributed by atoms with van der Waals surface area (Å²) in [5.74, 6) is 4.34. The number of nitro groups is 1. The van der Waals surface area contributed by atoms with Gasteiger partial charge in [0.2, 0.25) is 0 Å². The van der Waals surface area contributed by atoms with E-state index in [-0.39, 0.29) is 15.4 Å². The normalized spacial score (nSPS) is 8.21. The van der Waals surface area contributed by atoms with Gasteiger partial charge in [-0.3, -0.25) is 14.9 Å². The fourth-order valence-electron chi connectivity index (χ4n) is 0.779. The number of hydrogen-bond donors (Lipinski definition) is 0. The van der Waals surface area contributed by atoms with Gasteiger partial charge in [-0.1, -0.05) is 11.3 Å². The first-order valence-corrected chi connectivity index (χ1v) is 4.14. The molecule has 0 aliphatic carbocycles. The lowest BCUT2D eigenvalue weighted by atomic mass is 10.3. The Morgan fingerprint density at radius 2 is 2.36 bits per heavy atom. The number of hydrogen-bond acceptors (Lipinski definition) is 5. The summed E-state index contributed by atoms with van der Waals surface area (Å²) in [5.41, 5.74) is 0.101. The Hall–Kier alpha value is -2.18. The van der Waals surface area contributed by atoms with E-state index >= 15 is 0 Å². The van der Waals surface area contributed by atoms with Gasteiger partial charge in [0.05, 0.1) is 9.80 Å². The molecule has 1 aromatic rings. The van der Waals surface area contributed by atoms with Crippen molar-refractivity contribution in [2.75, 3.05) is 0 Å². The molecule has 6 heteroatoms. The summed E-state index contributed by atoms with van der Waals surface area (Å²) in [5, 5.41) is 18.4. The van der Waals surface area contributed by atoms with Gasteiger partial charge in [-0.2, -0.15) is 5.26 Å². The minimum absolute atomic E-state index is 0.101. The fourth-order valence-corrected chi connectivity index (χ4v) is 1.52. The van der Waals surface area contributed by atoms with Crippen LogP contribution in [-0.4, -0.2) is 11.2 Å². The lowest BCUT2D eigenvalue weighted by molar-refractivity contribution is -0.380. The highest BCUT2D eigenvalue weighted by Gasteiger charge is 2.17. The van der Waals surface area contributed by atoms with Crippen LogP contribution in [0.25, 0.3) is 0 Å². The number of carbonyl (C=O) groups excluding carboxylic acids is 1. The number of carbonyl (C=O) groups is 1.